The van der Waals surface area contributed by atoms with Crippen LogP contribution < -0.4 is 5.32 Å². The second kappa shape index (κ2) is 7.13. The van der Waals surface area contributed by atoms with Crippen molar-refractivity contribution in [3.05, 3.63) is 71.3 Å². The molecule has 22 heavy (non-hydrogen) atoms. The van der Waals surface area contributed by atoms with Crippen LogP contribution in [0.5, 0.6) is 0 Å². The molecule has 0 saturated heterocycles. The first-order valence-corrected chi connectivity index (χ1v) is 6.93. The zero-order valence-corrected chi connectivity index (χ0v) is 12.5. The van der Waals surface area contributed by atoms with Crippen LogP contribution in [0.15, 0.2) is 48.5 Å². The highest BCUT2D eigenvalue weighted by Crippen LogP contribution is 2.21. The maximum Gasteiger partial charge on any atom is 0.251 e. The maximum absolute atomic E-state index is 13.9. The molecule has 2 rings (SSSR count). The number of benzene rings is 2. The van der Waals surface area contributed by atoms with Crippen molar-refractivity contribution in [3.8, 4) is 0 Å². The van der Waals surface area contributed by atoms with Gasteiger partial charge in [-0.3, -0.25) is 4.79 Å². The van der Waals surface area contributed by atoms with Crippen molar-refractivity contribution < 1.29 is 13.6 Å². The predicted molar refractivity (Wildman–Crippen MR) is 81.6 cm³/mol. The number of carbonyl (C=O) groups is 1. The van der Waals surface area contributed by atoms with E-state index >= 15 is 0 Å². The van der Waals surface area contributed by atoms with Crippen molar-refractivity contribution in [2.45, 2.75) is 6.04 Å². The summed E-state index contributed by atoms with van der Waals surface area (Å²) in [7, 11) is 3.56. The first-order valence-electron chi connectivity index (χ1n) is 6.93. The second-order valence-corrected chi connectivity index (χ2v) is 5.22. The average Bonchev–Trinajstić information content (AvgIpc) is 2.49. The lowest BCUT2D eigenvalue weighted by Crippen LogP contribution is -2.35. The normalized spacial score (nSPS) is 12.2. The summed E-state index contributed by atoms with van der Waals surface area (Å²) in [5.41, 5.74) is 0.888. The molecule has 0 aliphatic carbocycles. The monoisotopic (exact) mass is 304 g/mol. The molecule has 2 aromatic carbocycles. The van der Waals surface area contributed by atoms with Crippen LogP contribution in [0, 0.1) is 11.6 Å². The molecule has 3 nitrogen and oxygen atoms in total. The van der Waals surface area contributed by atoms with E-state index in [1.807, 2.05) is 6.07 Å². The molecule has 2 aromatic rings. The molecular weight excluding hydrogens is 286 g/mol. The Kier molecular flexibility index (Phi) is 5.22. The summed E-state index contributed by atoms with van der Waals surface area (Å²) >= 11 is 0. The molecule has 1 amide bonds. The Hall–Kier alpha value is -2.27. The zero-order valence-electron chi connectivity index (χ0n) is 12.5. The van der Waals surface area contributed by atoms with Gasteiger partial charge in [-0.05, 0) is 32.3 Å². The fourth-order valence-electron chi connectivity index (χ4n) is 2.22. The van der Waals surface area contributed by atoms with E-state index in [0.717, 1.165) is 6.07 Å². The standard InChI is InChI=1S/C17H18F2N2O/c1-21(2)16(14-9-8-13(18)10-15(14)19)11-20-17(22)12-6-4-3-5-7-12/h3-10,16H,11H2,1-2H3,(H,20,22)/t16-/m0/s1. The van der Waals surface area contributed by atoms with Crippen molar-refractivity contribution in [1.29, 1.82) is 0 Å². The number of rotatable bonds is 5. The van der Waals surface area contributed by atoms with Gasteiger partial charge in [0.1, 0.15) is 11.6 Å². The Labute approximate surface area is 128 Å². The van der Waals surface area contributed by atoms with Crippen LogP contribution in [0.3, 0.4) is 0 Å². The van der Waals surface area contributed by atoms with Gasteiger partial charge < -0.3 is 10.2 Å². The summed E-state index contributed by atoms with van der Waals surface area (Å²) in [6.45, 7) is 0.225. The van der Waals surface area contributed by atoms with E-state index in [4.69, 9.17) is 0 Å². The van der Waals surface area contributed by atoms with Crippen LogP contribution >= 0.6 is 0 Å². The summed E-state index contributed by atoms with van der Waals surface area (Å²) in [6.07, 6.45) is 0. The molecule has 0 unspecified atom stereocenters. The Morgan fingerprint density at radius 1 is 1.14 bits per heavy atom. The molecule has 0 spiro atoms. The highest BCUT2D eigenvalue weighted by atomic mass is 19.1. The number of carbonyl (C=O) groups excluding carboxylic acids is 1. The van der Waals surface area contributed by atoms with Crippen LogP contribution in [0.2, 0.25) is 0 Å². The first-order chi connectivity index (χ1) is 10.5. The third-order valence-electron chi connectivity index (χ3n) is 3.44. The molecule has 0 heterocycles. The fraction of sp³-hybridized carbons (Fsp3) is 0.235. The molecule has 0 saturated carbocycles. The Morgan fingerprint density at radius 2 is 1.82 bits per heavy atom. The van der Waals surface area contributed by atoms with Gasteiger partial charge >= 0.3 is 0 Å². The Bertz CT molecular complexity index is 644. The minimum Gasteiger partial charge on any atom is -0.350 e. The van der Waals surface area contributed by atoms with Gasteiger partial charge in [0.2, 0.25) is 0 Å². The molecule has 0 aromatic heterocycles. The van der Waals surface area contributed by atoms with Crippen molar-refractivity contribution in [2.24, 2.45) is 0 Å². The van der Waals surface area contributed by atoms with Crippen LogP contribution in [0.25, 0.3) is 0 Å². The number of amides is 1. The SMILES string of the molecule is CN(C)[C@@H](CNC(=O)c1ccccc1)c1ccc(F)cc1F. The lowest BCUT2D eigenvalue weighted by Gasteiger charge is -2.25. The third-order valence-corrected chi connectivity index (χ3v) is 3.44. The minimum atomic E-state index is -0.618. The van der Waals surface area contributed by atoms with E-state index in [-0.39, 0.29) is 18.5 Å². The lowest BCUT2D eigenvalue weighted by atomic mass is 10.0. The number of halogens is 2. The molecule has 5 heteroatoms. The number of nitrogens with zero attached hydrogens (tertiary/aromatic N) is 1. The molecule has 1 N–H and O–H groups in total. The van der Waals surface area contributed by atoms with E-state index in [0.29, 0.717) is 11.1 Å². The summed E-state index contributed by atoms with van der Waals surface area (Å²) in [5, 5.41) is 2.78. The lowest BCUT2D eigenvalue weighted by molar-refractivity contribution is 0.0941. The van der Waals surface area contributed by atoms with Gasteiger partial charge in [0.05, 0.1) is 6.04 Å². The van der Waals surface area contributed by atoms with Gasteiger partial charge in [-0.2, -0.15) is 0 Å². The zero-order chi connectivity index (χ0) is 16.1. The van der Waals surface area contributed by atoms with Gasteiger partial charge in [-0.15, -0.1) is 0 Å². The fourth-order valence-corrected chi connectivity index (χ4v) is 2.22. The molecule has 0 aliphatic heterocycles. The molecule has 0 aliphatic rings. The summed E-state index contributed by atoms with van der Waals surface area (Å²) in [4.78, 5) is 13.8. The van der Waals surface area contributed by atoms with Crippen LogP contribution in [0.4, 0.5) is 8.78 Å². The van der Waals surface area contributed by atoms with Crippen molar-refractivity contribution in [3.63, 3.8) is 0 Å². The number of hydrogen-bond donors (Lipinski definition) is 1. The van der Waals surface area contributed by atoms with E-state index in [9.17, 15) is 13.6 Å². The average molecular weight is 304 g/mol. The molecule has 1 atom stereocenters. The van der Waals surface area contributed by atoms with Gasteiger partial charge in [-0.1, -0.05) is 24.3 Å². The van der Waals surface area contributed by atoms with Crippen molar-refractivity contribution >= 4 is 5.91 Å². The third kappa shape index (κ3) is 3.89. The van der Waals surface area contributed by atoms with Crippen LogP contribution in [-0.2, 0) is 0 Å². The van der Waals surface area contributed by atoms with Crippen LogP contribution in [-0.4, -0.2) is 31.4 Å². The maximum atomic E-state index is 13.9. The van der Waals surface area contributed by atoms with E-state index in [1.165, 1.54) is 12.1 Å². The summed E-state index contributed by atoms with van der Waals surface area (Å²) in [6, 6.07) is 11.9. The number of nitrogens with one attached hydrogen (secondary N) is 1. The second-order valence-electron chi connectivity index (χ2n) is 5.22. The van der Waals surface area contributed by atoms with Crippen LogP contribution in [0.1, 0.15) is 22.0 Å². The molecule has 0 radical (unpaired) electrons. The smallest absolute Gasteiger partial charge is 0.251 e. The van der Waals surface area contributed by atoms with Gasteiger partial charge in [0.15, 0.2) is 0 Å². The minimum absolute atomic E-state index is 0.225. The Balaban J connectivity index is 2.11. The van der Waals surface area contributed by atoms with E-state index < -0.39 is 11.6 Å². The van der Waals surface area contributed by atoms with Gasteiger partial charge in [0, 0.05) is 23.7 Å². The predicted octanol–water partition coefficient (Wildman–Crippen LogP) is 3.00. The van der Waals surface area contributed by atoms with E-state index in [1.54, 1.807) is 43.3 Å². The summed E-state index contributed by atoms with van der Waals surface area (Å²) < 4.78 is 27.0. The van der Waals surface area contributed by atoms with Crippen molar-refractivity contribution in [2.75, 3.05) is 20.6 Å². The topological polar surface area (TPSA) is 32.3 Å². The number of hydrogen-bond acceptors (Lipinski definition) is 2. The van der Waals surface area contributed by atoms with E-state index in [2.05, 4.69) is 5.32 Å². The number of likely N-dealkylation sites (N-methyl/N-ethyl adjacent to an activating group) is 1. The summed E-state index contributed by atoms with van der Waals surface area (Å²) in [5.74, 6) is -1.46. The molecule has 0 bridgehead atoms. The van der Waals surface area contributed by atoms with Crippen molar-refractivity contribution in [1.82, 2.24) is 10.2 Å². The largest absolute Gasteiger partial charge is 0.350 e. The molecule has 0 fully saturated rings. The molecular formula is C17H18F2N2O. The highest BCUT2D eigenvalue weighted by molar-refractivity contribution is 5.94. The quantitative estimate of drug-likeness (QED) is 0.921. The first kappa shape index (κ1) is 16.1. The van der Waals surface area contributed by atoms with Gasteiger partial charge in [0.25, 0.3) is 5.91 Å². The Morgan fingerprint density at radius 3 is 2.41 bits per heavy atom. The molecule has 116 valence electrons. The highest BCUT2D eigenvalue weighted by Gasteiger charge is 2.19. The van der Waals surface area contributed by atoms with Gasteiger partial charge in [-0.25, -0.2) is 8.78 Å².